The van der Waals surface area contributed by atoms with Crippen LogP contribution >= 0.6 is 0 Å². The van der Waals surface area contributed by atoms with Gasteiger partial charge in [0.1, 0.15) is 0 Å². The Labute approximate surface area is 68.8 Å². The van der Waals surface area contributed by atoms with Gasteiger partial charge in [0.2, 0.25) is 0 Å². The highest BCUT2D eigenvalue weighted by Crippen LogP contribution is 2.69. The van der Waals surface area contributed by atoms with Crippen LogP contribution in [-0.4, -0.2) is 11.2 Å². The number of aliphatic hydroxyl groups is 1. The Kier molecular flexibility index (Phi) is 1.39. The number of rotatable bonds is 1. The fraction of sp³-hybridized carbons (Fsp3) is 1.00. The summed E-state index contributed by atoms with van der Waals surface area (Å²) in [4.78, 5) is 0. The van der Waals surface area contributed by atoms with Crippen LogP contribution in [0.3, 0.4) is 0 Å². The van der Waals surface area contributed by atoms with Gasteiger partial charge in [-0.3, -0.25) is 0 Å². The maximum atomic E-state index is 9.61. The largest absolute Gasteiger partial charge is 0.393 e. The first-order valence-electron chi connectivity index (χ1n) is 4.76. The summed E-state index contributed by atoms with van der Waals surface area (Å²) in [5, 5.41) is 9.61. The lowest BCUT2D eigenvalue weighted by molar-refractivity contribution is 0.113. The zero-order chi connectivity index (χ0) is 8.22. The topological polar surface area (TPSA) is 20.2 Å². The summed E-state index contributed by atoms with van der Waals surface area (Å²) < 4.78 is 0. The second-order valence-corrected chi connectivity index (χ2v) is 4.83. The van der Waals surface area contributed by atoms with E-state index in [1.807, 2.05) is 0 Å². The minimum Gasteiger partial charge on any atom is -0.393 e. The molecule has 0 spiro atoms. The molecule has 1 N–H and O–H groups in total. The number of hydrogen-bond acceptors (Lipinski definition) is 1. The molecule has 0 amide bonds. The van der Waals surface area contributed by atoms with Gasteiger partial charge in [-0.25, -0.2) is 0 Å². The van der Waals surface area contributed by atoms with Crippen molar-refractivity contribution in [3.05, 3.63) is 0 Å². The van der Waals surface area contributed by atoms with Crippen molar-refractivity contribution in [2.45, 2.75) is 39.7 Å². The quantitative estimate of drug-likeness (QED) is 0.613. The summed E-state index contributed by atoms with van der Waals surface area (Å²) in [5.74, 6) is 2.18. The van der Waals surface area contributed by atoms with Gasteiger partial charge in [-0.1, -0.05) is 20.8 Å². The van der Waals surface area contributed by atoms with E-state index in [0.717, 1.165) is 18.3 Å². The predicted octanol–water partition coefficient (Wildman–Crippen LogP) is 2.05. The standard InChI is InChI=1S/C10H18O/c1-6(2)10-4-8(10)7(3)9(11)5-10/h6-9,11H,4-5H2,1-3H3/t7?,8?,9-,10?/m0/s1. The van der Waals surface area contributed by atoms with Gasteiger partial charge in [0.05, 0.1) is 6.10 Å². The van der Waals surface area contributed by atoms with Crippen molar-refractivity contribution in [1.29, 1.82) is 0 Å². The molecular weight excluding hydrogens is 136 g/mol. The van der Waals surface area contributed by atoms with Crippen molar-refractivity contribution >= 4 is 0 Å². The maximum absolute atomic E-state index is 9.61. The Morgan fingerprint density at radius 2 is 2.00 bits per heavy atom. The number of fused-ring (bicyclic) bond motifs is 1. The molecule has 1 nitrogen and oxygen atoms in total. The monoisotopic (exact) mass is 154 g/mol. The lowest BCUT2D eigenvalue weighted by atomic mass is 9.89. The summed E-state index contributed by atoms with van der Waals surface area (Å²) in [6.45, 7) is 6.79. The lowest BCUT2D eigenvalue weighted by Gasteiger charge is -2.17. The smallest absolute Gasteiger partial charge is 0.0574 e. The minimum absolute atomic E-state index is 0.00356. The van der Waals surface area contributed by atoms with Crippen LogP contribution in [0.1, 0.15) is 33.6 Å². The third-order valence-electron chi connectivity index (χ3n) is 4.16. The highest BCUT2D eigenvalue weighted by atomic mass is 16.3. The molecule has 2 aliphatic carbocycles. The molecule has 2 rings (SSSR count). The van der Waals surface area contributed by atoms with Gasteiger partial charge in [-0.2, -0.15) is 0 Å². The second kappa shape index (κ2) is 2.01. The molecular formula is C10H18O. The molecule has 0 aromatic rings. The van der Waals surface area contributed by atoms with Crippen LogP contribution in [0.25, 0.3) is 0 Å². The first-order valence-corrected chi connectivity index (χ1v) is 4.76. The van der Waals surface area contributed by atoms with Crippen molar-refractivity contribution in [2.24, 2.45) is 23.2 Å². The third kappa shape index (κ3) is 0.807. The maximum Gasteiger partial charge on any atom is 0.0574 e. The van der Waals surface area contributed by atoms with Gasteiger partial charge < -0.3 is 5.11 Å². The van der Waals surface area contributed by atoms with Crippen molar-refractivity contribution in [3.63, 3.8) is 0 Å². The Morgan fingerprint density at radius 3 is 2.27 bits per heavy atom. The van der Waals surface area contributed by atoms with Crippen LogP contribution in [0.5, 0.6) is 0 Å². The molecule has 2 saturated carbocycles. The van der Waals surface area contributed by atoms with Crippen LogP contribution < -0.4 is 0 Å². The van der Waals surface area contributed by atoms with E-state index in [2.05, 4.69) is 20.8 Å². The lowest BCUT2D eigenvalue weighted by Crippen LogP contribution is -2.15. The van der Waals surface area contributed by atoms with E-state index in [0.29, 0.717) is 11.3 Å². The van der Waals surface area contributed by atoms with E-state index >= 15 is 0 Å². The Bertz CT molecular complexity index is 176. The van der Waals surface area contributed by atoms with E-state index in [-0.39, 0.29) is 6.10 Å². The van der Waals surface area contributed by atoms with Crippen molar-refractivity contribution < 1.29 is 5.11 Å². The molecule has 0 radical (unpaired) electrons. The van der Waals surface area contributed by atoms with Gasteiger partial charge in [0.25, 0.3) is 0 Å². The van der Waals surface area contributed by atoms with Crippen LogP contribution in [0.4, 0.5) is 0 Å². The zero-order valence-electron chi connectivity index (χ0n) is 7.67. The number of aliphatic hydroxyl groups excluding tert-OH is 1. The fourth-order valence-corrected chi connectivity index (χ4v) is 3.04. The second-order valence-electron chi connectivity index (χ2n) is 4.83. The highest BCUT2D eigenvalue weighted by molar-refractivity contribution is 5.13. The van der Waals surface area contributed by atoms with Crippen molar-refractivity contribution in [3.8, 4) is 0 Å². The molecule has 0 heterocycles. The van der Waals surface area contributed by atoms with E-state index < -0.39 is 0 Å². The summed E-state index contributed by atoms with van der Waals surface area (Å²) in [6.07, 6.45) is 2.44. The average Bonchev–Trinajstić information content (AvgIpc) is 2.57. The molecule has 0 aromatic heterocycles. The van der Waals surface area contributed by atoms with Gasteiger partial charge in [-0.15, -0.1) is 0 Å². The van der Waals surface area contributed by atoms with E-state index in [1.54, 1.807) is 0 Å². The Morgan fingerprint density at radius 1 is 1.36 bits per heavy atom. The molecule has 3 unspecified atom stereocenters. The summed E-state index contributed by atoms with van der Waals surface area (Å²) >= 11 is 0. The summed E-state index contributed by atoms with van der Waals surface area (Å²) in [6, 6.07) is 0. The highest BCUT2D eigenvalue weighted by Gasteiger charge is 2.64. The van der Waals surface area contributed by atoms with E-state index in [4.69, 9.17) is 0 Å². The summed E-state index contributed by atoms with van der Waals surface area (Å²) in [5.41, 5.74) is 0.554. The van der Waals surface area contributed by atoms with Gasteiger partial charge >= 0.3 is 0 Å². The van der Waals surface area contributed by atoms with Crippen molar-refractivity contribution in [1.82, 2.24) is 0 Å². The van der Waals surface area contributed by atoms with Gasteiger partial charge in [-0.05, 0) is 36.0 Å². The molecule has 0 saturated heterocycles. The molecule has 64 valence electrons. The normalized spacial score (nSPS) is 54.8. The molecule has 4 atom stereocenters. The molecule has 2 fully saturated rings. The van der Waals surface area contributed by atoms with Crippen LogP contribution in [0, 0.1) is 23.2 Å². The van der Waals surface area contributed by atoms with Crippen molar-refractivity contribution in [2.75, 3.05) is 0 Å². The molecule has 0 bridgehead atoms. The fourth-order valence-electron chi connectivity index (χ4n) is 3.04. The summed E-state index contributed by atoms with van der Waals surface area (Å²) in [7, 11) is 0. The van der Waals surface area contributed by atoms with Crippen LogP contribution in [0.2, 0.25) is 0 Å². The molecule has 2 aliphatic rings. The molecule has 0 aromatic carbocycles. The Hall–Kier alpha value is -0.0400. The molecule has 0 aliphatic heterocycles. The van der Waals surface area contributed by atoms with Crippen LogP contribution in [0.15, 0.2) is 0 Å². The first kappa shape index (κ1) is 7.60. The molecule has 1 heteroatoms. The Balaban J connectivity index is 2.13. The SMILES string of the molecule is CC1C2CC2(C(C)C)C[C@@H]1O. The van der Waals surface area contributed by atoms with E-state index in [1.165, 1.54) is 6.42 Å². The average molecular weight is 154 g/mol. The van der Waals surface area contributed by atoms with Gasteiger partial charge in [0, 0.05) is 0 Å². The first-order chi connectivity index (χ1) is 5.08. The predicted molar refractivity (Wildman–Crippen MR) is 45.2 cm³/mol. The minimum atomic E-state index is -0.00356. The van der Waals surface area contributed by atoms with Gasteiger partial charge in [0.15, 0.2) is 0 Å². The van der Waals surface area contributed by atoms with Crippen LogP contribution in [-0.2, 0) is 0 Å². The third-order valence-corrected chi connectivity index (χ3v) is 4.16. The number of hydrogen-bond donors (Lipinski definition) is 1. The van der Waals surface area contributed by atoms with E-state index in [9.17, 15) is 5.11 Å². The zero-order valence-corrected chi connectivity index (χ0v) is 7.67. The molecule has 11 heavy (non-hydrogen) atoms.